The molecule has 2 rings (SSSR count). The number of nitrogens with one attached hydrogen (secondary N) is 4. The van der Waals surface area contributed by atoms with Crippen LogP contribution in [0.5, 0.6) is 0 Å². The fourth-order valence-corrected chi connectivity index (χ4v) is 3.70. The van der Waals surface area contributed by atoms with Crippen molar-refractivity contribution in [2.75, 3.05) is 23.8 Å². The molecule has 202 valence electrons. The molecule has 0 saturated carbocycles. The first-order valence-corrected chi connectivity index (χ1v) is 11.5. The third kappa shape index (κ3) is 8.05. The zero-order valence-electron chi connectivity index (χ0n) is 20.4. The van der Waals surface area contributed by atoms with Crippen LogP contribution in [0.2, 0.25) is 0 Å². The highest BCUT2D eigenvalue weighted by atomic mass is 19.4. The van der Waals surface area contributed by atoms with Crippen molar-refractivity contribution in [2.45, 2.75) is 51.4 Å². The number of hydrogen-bond donors (Lipinski definition) is 4. The van der Waals surface area contributed by atoms with Crippen molar-refractivity contribution in [1.29, 1.82) is 0 Å². The first-order chi connectivity index (χ1) is 17.4. The SMILES string of the molecule is C=CCOC(=O)N[C@H](C(=O)N[C@H](C=O)CNc1ccc(NC(=O)C(F)(F)F)c2c1CCCC2=O)C(C)C. The average Bonchev–Trinajstić information content (AvgIpc) is 2.83. The molecule has 3 amide bonds. The number of anilines is 2. The summed E-state index contributed by atoms with van der Waals surface area (Å²) in [6, 6.07) is 0.526. The standard InChI is InChI=1S/C24H29F3N4O6/c1-4-10-37-23(36)31-20(13(2)3)21(34)29-14(12-32)11-28-16-8-9-17(30-22(35)24(25,26)27)19-15(16)6-5-7-18(19)33/h4,8-9,12-14,20,28H,1,5-7,10-11H2,2-3H3,(H,29,34)(H,30,35)(H,31,36)/t14-,20-/m0/s1. The van der Waals surface area contributed by atoms with Gasteiger partial charge in [0, 0.05) is 24.2 Å². The number of aldehydes is 1. The van der Waals surface area contributed by atoms with Crippen molar-refractivity contribution in [1.82, 2.24) is 10.6 Å². The summed E-state index contributed by atoms with van der Waals surface area (Å²) in [7, 11) is 0. The van der Waals surface area contributed by atoms with Crippen LogP contribution in [-0.4, -0.2) is 61.4 Å². The minimum Gasteiger partial charge on any atom is -0.445 e. The summed E-state index contributed by atoms with van der Waals surface area (Å²) in [5.74, 6) is -3.59. The first-order valence-electron chi connectivity index (χ1n) is 11.5. The smallest absolute Gasteiger partial charge is 0.445 e. The number of halogens is 3. The van der Waals surface area contributed by atoms with E-state index in [4.69, 9.17) is 4.74 Å². The normalized spacial score (nSPS) is 14.6. The largest absolute Gasteiger partial charge is 0.471 e. The van der Waals surface area contributed by atoms with Gasteiger partial charge >= 0.3 is 18.2 Å². The quantitative estimate of drug-likeness (QED) is 0.257. The Balaban J connectivity index is 2.15. The number of alkyl halides is 3. The summed E-state index contributed by atoms with van der Waals surface area (Å²) in [5, 5.41) is 9.62. The van der Waals surface area contributed by atoms with E-state index in [1.165, 1.54) is 18.2 Å². The lowest BCUT2D eigenvalue weighted by molar-refractivity contribution is -0.167. The molecule has 1 aliphatic carbocycles. The minimum atomic E-state index is -5.12. The van der Waals surface area contributed by atoms with Gasteiger partial charge in [0.15, 0.2) is 5.78 Å². The number of amides is 3. The van der Waals surface area contributed by atoms with Crippen LogP contribution in [0.25, 0.3) is 0 Å². The van der Waals surface area contributed by atoms with Crippen molar-refractivity contribution in [3.63, 3.8) is 0 Å². The number of fused-ring (bicyclic) bond motifs is 1. The highest BCUT2D eigenvalue weighted by Crippen LogP contribution is 2.34. The molecule has 0 aliphatic heterocycles. The summed E-state index contributed by atoms with van der Waals surface area (Å²) < 4.78 is 43.0. The van der Waals surface area contributed by atoms with Crippen molar-refractivity contribution in [2.24, 2.45) is 5.92 Å². The third-order valence-corrected chi connectivity index (χ3v) is 5.49. The zero-order valence-corrected chi connectivity index (χ0v) is 20.4. The molecule has 0 aromatic heterocycles. The van der Waals surface area contributed by atoms with E-state index in [1.54, 1.807) is 19.2 Å². The van der Waals surface area contributed by atoms with E-state index in [2.05, 4.69) is 22.5 Å². The number of carbonyl (C=O) groups is 5. The Kier molecular flexibility index (Phi) is 10.2. The fourth-order valence-electron chi connectivity index (χ4n) is 3.70. The summed E-state index contributed by atoms with van der Waals surface area (Å²) in [6.07, 6.45) is -3.20. The molecule has 13 heteroatoms. The zero-order chi connectivity index (χ0) is 27.8. The first kappa shape index (κ1) is 29.3. The van der Waals surface area contributed by atoms with Crippen molar-refractivity contribution < 1.29 is 41.9 Å². The number of ether oxygens (including phenoxy) is 1. The molecule has 1 aromatic carbocycles. The van der Waals surface area contributed by atoms with E-state index in [1.807, 2.05) is 0 Å². The lowest BCUT2D eigenvalue weighted by Crippen LogP contribution is -2.53. The molecule has 0 saturated heterocycles. The van der Waals surface area contributed by atoms with E-state index in [0.717, 1.165) is 0 Å². The number of Topliss-reactive ketones (excluding diaryl/α,β-unsaturated/α-hetero) is 1. The van der Waals surface area contributed by atoms with Crippen molar-refractivity contribution >= 4 is 41.4 Å². The molecule has 0 radical (unpaired) electrons. The fraction of sp³-hybridized carbons (Fsp3) is 0.458. The monoisotopic (exact) mass is 526 g/mol. The van der Waals surface area contributed by atoms with Crippen LogP contribution in [0.4, 0.5) is 29.3 Å². The Bertz CT molecular complexity index is 1060. The van der Waals surface area contributed by atoms with E-state index in [9.17, 15) is 37.1 Å². The number of ketones is 1. The minimum absolute atomic E-state index is 0.0253. The van der Waals surface area contributed by atoms with E-state index >= 15 is 0 Å². The van der Waals surface area contributed by atoms with Gasteiger partial charge in [-0.25, -0.2) is 4.79 Å². The van der Waals surface area contributed by atoms with Gasteiger partial charge in [0.05, 0.1) is 5.69 Å². The molecule has 0 bridgehead atoms. The van der Waals surface area contributed by atoms with E-state index < -0.39 is 42.0 Å². The maximum atomic E-state index is 12.7. The third-order valence-electron chi connectivity index (χ3n) is 5.49. The Morgan fingerprint density at radius 1 is 1.14 bits per heavy atom. The predicted molar refractivity (Wildman–Crippen MR) is 128 cm³/mol. The van der Waals surface area contributed by atoms with Gasteiger partial charge in [0.1, 0.15) is 25.0 Å². The molecular weight excluding hydrogens is 497 g/mol. The molecule has 0 unspecified atom stereocenters. The second kappa shape index (κ2) is 12.9. The maximum Gasteiger partial charge on any atom is 0.471 e. The van der Waals surface area contributed by atoms with Gasteiger partial charge in [-0.05, 0) is 36.5 Å². The van der Waals surface area contributed by atoms with Crippen molar-refractivity contribution in [3.8, 4) is 0 Å². The van der Waals surface area contributed by atoms with Gasteiger partial charge in [-0.2, -0.15) is 13.2 Å². The van der Waals surface area contributed by atoms with Gasteiger partial charge in [-0.1, -0.05) is 26.5 Å². The highest BCUT2D eigenvalue weighted by molar-refractivity contribution is 6.08. The molecule has 0 fully saturated rings. The summed E-state index contributed by atoms with van der Waals surface area (Å²) >= 11 is 0. The van der Waals surface area contributed by atoms with Crippen LogP contribution in [0, 0.1) is 5.92 Å². The number of benzene rings is 1. The van der Waals surface area contributed by atoms with Gasteiger partial charge < -0.3 is 30.8 Å². The average molecular weight is 527 g/mol. The molecule has 0 heterocycles. The highest BCUT2D eigenvalue weighted by Gasteiger charge is 2.39. The van der Waals surface area contributed by atoms with Gasteiger partial charge in [-0.15, -0.1) is 0 Å². The van der Waals surface area contributed by atoms with Gasteiger partial charge in [0.25, 0.3) is 0 Å². The number of hydrogen-bond acceptors (Lipinski definition) is 7. The molecule has 1 aliphatic rings. The summed E-state index contributed by atoms with van der Waals surface area (Å²) in [4.78, 5) is 60.1. The maximum absolute atomic E-state index is 12.7. The Labute approximate surface area is 211 Å². The molecule has 37 heavy (non-hydrogen) atoms. The molecule has 1 aromatic rings. The Hall–Kier alpha value is -3.90. The van der Waals surface area contributed by atoms with E-state index in [0.29, 0.717) is 30.4 Å². The van der Waals surface area contributed by atoms with Crippen LogP contribution in [0.15, 0.2) is 24.8 Å². The molecule has 4 N–H and O–H groups in total. The second-order valence-corrected chi connectivity index (χ2v) is 8.63. The lowest BCUT2D eigenvalue weighted by Gasteiger charge is -2.25. The molecular formula is C24H29F3N4O6. The molecule has 2 atom stereocenters. The lowest BCUT2D eigenvalue weighted by atomic mass is 9.88. The number of rotatable bonds is 11. The Morgan fingerprint density at radius 2 is 1.81 bits per heavy atom. The molecule has 0 spiro atoms. The number of carbonyl (C=O) groups excluding carboxylic acids is 5. The van der Waals surface area contributed by atoms with E-state index in [-0.39, 0.29) is 36.7 Å². The second-order valence-electron chi connectivity index (χ2n) is 8.63. The predicted octanol–water partition coefficient (Wildman–Crippen LogP) is 2.74. The van der Waals surface area contributed by atoms with Crippen LogP contribution >= 0.6 is 0 Å². The van der Waals surface area contributed by atoms with Crippen LogP contribution in [-0.2, 0) is 25.5 Å². The van der Waals surface area contributed by atoms with Crippen molar-refractivity contribution in [3.05, 3.63) is 35.9 Å². The van der Waals surface area contributed by atoms with Crippen LogP contribution in [0.1, 0.15) is 42.6 Å². The van der Waals surface area contributed by atoms with Crippen LogP contribution in [0.3, 0.4) is 0 Å². The summed E-state index contributed by atoms with van der Waals surface area (Å²) in [5.41, 5.74) is 0.504. The number of alkyl carbamates (subject to hydrolysis) is 1. The van der Waals surface area contributed by atoms with Gasteiger partial charge in [-0.3, -0.25) is 14.4 Å². The topological polar surface area (TPSA) is 143 Å². The Morgan fingerprint density at radius 3 is 2.41 bits per heavy atom. The summed E-state index contributed by atoms with van der Waals surface area (Å²) in [6.45, 7) is 6.64. The molecule has 10 nitrogen and oxygen atoms in total. The van der Waals surface area contributed by atoms with Crippen LogP contribution < -0.4 is 21.3 Å². The van der Waals surface area contributed by atoms with Gasteiger partial charge in [0.2, 0.25) is 5.91 Å².